The summed E-state index contributed by atoms with van der Waals surface area (Å²) >= 11 is 1.08. The first-order chi connectivity index (χ1) is 11.3. The van der Waals surface area contributed by atoms with Crippen LogP contribution in [0.25, 0.3) is 0 Å². The zero-order chi connectivity index (χ0) is 17.0. The summed E-state index contributed by atoms with van der Waals surface area (Å²) in [6, 6.07) is 21.0. The molecule has 0 unspecified atom stereocenters. The van der Waals surface area contributed by atoms with Crippen LogP contribution in [0.3, 0.4) is 0 Å². The van der Waals surface area contributed by atoms with E-state index >= 15 is 0 Å². The van der Waals surface area contributed by atoms with Crippen LogP contribution in [0.2, 0.25) is 0 Å². The monoisotopic (exact) mass is 574 g/mol. The molecule has 3 aromatic rings. The number of benzene rings is 1. The van der Waals surface area contributed by atoms with Crippen LogP contribution in [0, 0.1) is 19.3 Å². The van der Waals surface area contributed by atoms with E-state index in [2.05, 4.69) is 39.2 Å². The summed E-state index contributed by atoms with van der Waals surface area (Å²) in [6.45, 7) is 6.50. The molecule has 141 valence electrons. The number of halogens is 3. The quantitative estimate of drug-likeness (QED) is 0.277. The second-order valence-electron chi connectivity index (χ2n) is 3.64. The molecular formula is C19H18Cl3N3Ta-6. The van der Waals surface area contributed by atoms with Gasteiger partial charge in [0.05, 0.1) is 0 Å². The first-order valence-electron chi connectivity index (χ1n) is 6.69. The summed E-state index contributed by atoms with van der Waals surface area (Å²) in [5.41, 5.74) is 1.08. The van der Waals surface area contributed by atoms with E-state index in [1.807, 2.05) is 54.6 Å². The van der Waals surface area contributed by atoms with E-state index in [1.54, 1.807) is 24.5 Å². The van der Waals surface area contributed by atoms with Gasteiger partial charge in [0.2, 0.25) is 0 Å². The smallest absolute Gasteiger partial charge is 0.0813 e. The summed E-state index contributed by atoms with van der Waals surface area (Å²) < 4.78 is 4.08. The molecule has 0 bridgehead atoms. The summed E-state index contributed by atoms with van der Waals surface area (Å²) in [6.07, 6.45) is 10.2. The molecule has 2 heterocycles. The van der Waals surface area contributed by atoms with Crippen molar-refractivity contribution in [1.29, 1.82) is 0 Å². The first kappa shape index (κ1) is 32.2. The Morgan fingerprint density at radius 2 is 1.27 bits per heavy atom. The zero-order valence-corrected chi connectivity index (χ0v) is 19.4. The van der Waals surface area contributed by atoms with Gasteiger partial charge >= 0.3 is 60.2 Å². The topological polar surface area (TPSA) is 38.1 Å². The minimum atomic E-state index is 0. The number of nitrogens with zero attached hydrogens (tertiary/aromatic N) is 3. The van der Waals surface area contributed by atoms with E-state index in [0.29, 0.717) is 0 Å². The minimum Gasteiger partial charge on any atom is -0.394 e. The second kappa shape index (κ2) is 28.3. The van der Waals surface area contributed by atoms with Crippen LogP contribution in [0.15, 0.2) is 95.1 Å². The summed E-state index contributed by atoms with van der Waals surface area (Å²) in [4.78, 5) is 7.32. The molecule has 26 heavy (non-hydrogen) atoms. The molecule has 0 saturated heterocycles. The summed E-state index contributed by atoms with van der Waals surface area (Å²) in [7, 11) is 0. The summed E-state index contributed by atoms with van der Waals surface area (Å²) in [5.74, 6) is 0. The fraction of sp³-hybridized carbons (Fsp3) is 0. The van der Waals surface area contributed by atoms with Gasteiger partial charge in [0.25, 0.3) is 0 Å². The molecule has 0 radical (unpaired) electrons. The Balaban J connectivity index is -0.000000124. The van der Waals surface area contributed by atoms with E-state index in [4.69, 9.17) is 0 Å². The Labute approximate surface area is 187 Å². The molecule has 0 aliphatic rings. The maximum atomic E-state index is 4.08. The van der Waals surface area contributed by atoms with Crippen molar-refractivity contribution >= 4 is 5.69 Å². The van der Waals surface area contributed by atoms with Crippen molar-refractivity contribution in [1.82, 2.24) is 9.97 Å². The molecule has 0 saturated carbocycles. The molecule has 0 aliphatic carbocycles. The molecule has 0 N–H and O–H groups in total. The van der Waals surface area contributed by atoms with Crippen molar-refractivity contribution in [2.75, 3.05) is 0 Å². The van der Waals surface area contributed by atoms with Crippen molar-refractivity contribution < 1.29 is 58.1 Å². The fourth-order valence-corrected chi connectivity index (χ4v) is 1.53. The number of aromatic nitrogens is 2. The van der Waals surface area contributed by atoms with Gasteiger partial charge in [-0.25, -0.2) is 19.6 Å². The van der Waals surface area contributed by atoms with E-state index in [1.165, 1.54) is 6.08 Å². The molecule has 7 heteroatoms. The zero-order valence-electron chi connectivity index (χ0n) is 13.9. The van der Waals surface area contributed by atoms with Crippen molar-refractivity contribution in [3.63, 3.8) is 0 Å². The van der Waals surface area contributed by atoms with E-state index in [-0.39, 0.29) is 37.2 Å². The average Bonchev–Trinajstić information content (AvgIpc) is 2.67. The number of pyridine rings is 2. The molecule has 1 aromatic carbocycles. The maximum Gasteiger partial charge on any atom is -0.0813 e. The molecule has 0 spiro atoms. The SMILES string of the molecule is C=C[CH2-].[Cl-].[Cl-].[Cl-].[Ta]=[N]c1ccccc1.[c-]1ccccn1.[c-]1ccccn1. The second-order valence-corrected chi connectivity index (χ2v) is 4.36. The third-order valence-electron chi connectivity index (χ3n) is 1.91. The third kappa shape index (κ3) is 24.8. The molecule has 0 atom stereocenters. The van der Waals surface area contributed by atoms with E-state index in [0.717, 1.165) is 26.6 Å². The molecule has 0 fully saturated rings. The third-order valence-corrected chi connectivity index (χ3v) is 2.74. The van der Waals surface area contributed by atoms with Crippen molar-refractivity contribution in [3.8, 4) is 0 Å². The summed E-state index contributed by atoms with van der Waals surface area (Å²) in [5, 5.41) is 0. The van der Waals surface area contributed by atoms with Crippen LogP contribution in [-0.4, -0.2) is 9.97 Å². The Kier molecular flexibility index (Phi) is 35.1. The fourth-order valence-electron chi connectivity index (χ4n) is 1.05. The van der Waals surface area contributed by atoms with Gasteiger partial charge in [-0.1, -0.05) is 24.8 Å². The van der Waals surface area contributed by atoms with Crippen molar-refractivity contribution in [3.05, 3.63) is 111 Å². The van der Waals surface area contributed by atoms with Gasteiger partial charge in [0.1, 0.15) is 0 Å². The van der Waals surface area contributed by atoms with Crippen molar-refractivity contribution in [2.45, 2.75) is 0 Å². The van der Waals surface area contributed by atoms with Gasteiger partial charge in [-0.3, -0.25) is 0 Å². The normalized spacial score (nSPS) is 6.73. The molecule has 0 amide bonds. The Morgan fingerprint density at radius 1 is 0.846 bits per heavy atom. The molecular weight excluding hydrogens is 558 g/mol. The Hall–Kier alpha value is -1.46. The van der Waals surface area contributed by atoms with Gasteiger partial charge in [-0.15, -0.1) is 0 Å². The number of allylic oxidation sites excluding steroid dienone is 1. The van der Waals surface area contributed by atoms with Crippen LogP contribution in [-0.2, 0) is 20.9 Å². The molecule has 3 nitrogen and oxygen atoms in total. The maximum absolute atomic E-state index is 4.08. The van der Waals surface area contributed by atoms with Gasteiger partial charge in [0, 0.05) is 0 Å². The predicted octanol–water partition coefficient (Wildman–Crippen LogP) is -4.17. The number of hydrogen-bond donors (Lipinski definition) is 0. The van der Waals surface area contributed by atoms with Crippen molar-refractivity contribution in [2.24, 2.45) is 3.34 Å². The number of rotatable bonds is 1. The average molecular weight is 576 g/mol. The number of hydrogen-bond acceptors (Lipinski definition) is 3. The predicted molar refractivity (Wildman–Crippen MR) is 90.2 cm³/mol. The molecule has 2 aromatic heterocycles. The van der Waals surface area contributed by atoms with E-state index in [9.17, 15) is 0 Å². The van der Waals surface area contributed by atoms with Crippen LogP contribution in [0.4, 0.5) is 5.69 Å². The van der Waals surface area contributed by atoms with Gasteiger partial charge < -0.3 is 47.2 Å². The molecule has 0 aliphatic heterocycles. The van der Waals surface area contributed by atoms with Crippen LogP contribution in [0.1, 0.15) is 0 Å². The standard InChI is InChI=1S/C6H5N.2C5H4N.C3H5.3ClH.Ta/c7-6-4-2-1-3-5-6;2*1-2-4-6-5-3-1;1-3-2;;;;/h1-5H;2*1-4H;3H,1-2H2;3*1H;/q;3*-1;;;;/p-3. The van der Waals surface area contributed by atoms with Crippen LogP contribution >= 0.6 is 0 Å². The van der Waals surface area contributed by atoms with E-state index < -0.39 is 0 Å². The Bertz CT molecular complexity index is 515. The van der Waals surface area contributed by atoms with Crippen LogP contribution < -0.4 is 37.2 Å². The van der Waals surface area contributed by atoms with Gasteiger partial charge in [-0.2, -0.15) is 36.4 Å². The first-order valence-corrected chi connectivity index (χ1v) is 8.13. The largest absolute Gasteiger partial charge is 0.394 e. The van der Waals surface area contributed by atoms with Gasteiger partial charge in [0.15, 0.2) is 0 Å². The van der Waals surface area contributed by atoms with Crippen LogP contribution in [0.5, 0.6) is 0 Å². The van der Waals surface area contributed by atoms with Gasteiger partial charge in [-0.05, 0) is 0 Å². The minimum absolute atomic E-state index is 0. The molecule has 3 rings (SSSR count). The Morgan fingerprint density at radius 3 is 1.42 bits per heavy atom.